The van der Waals surface area contributed by atoms with Crippen molar-refractivity contribution in [2.75, 3.05) is 11.1 Å². The first-order chi connectivity index (χ1) is 18.8. The van der Waals surface area contributed by atoms with E-state index in [4.69, 9.17) is 10.8 Å². The van der Waals surface area contributed by atoms with Gasteiger partial charge < -0.3 is 16.2 Å². The smallest absolute Gasteiger partial charge is 0.307 e. The zero-order chi connectivity index (χ0) is 27.3. The first-order valence-corrected chi connectivity index (χ1v) is 12.1. The molecule has 2 aromatic carbocycles. The number of nitrogens with one attached hydrogen (secondary N) is 1. The van der Waals surface area contributed by atoms with Crippen LogP contribution in [0.1, 0.15) is 29.2 Å². The number of halogens is 1. The number of carbonyl (C=O) groups is 2. The zero-order valence-electron chi connectivity index (χ0n) is 20.7. The van der Waals surface area contributed by atoms with Crippen molar-refractivity contribution in [2.24, 2.45) is 0 Å². The molecular formula is C28H22FN7O3. The van der Waals surface area contributed by atoms with Gasteiger partial charge in [0.05, 0.1) is 23.9 Å². The van der Waals surface area contributed by atoms with Gasteiger partial charge in [-0.25, -0.2) is 24.0 Å². The normalized spacial score (nSPS) is 16.3. The quantitative estimate of drug-likeness (QED) is 0.306. The van der Waals surface area contributed by atoms with E-state index in [1.165, 1.54) is 6.07 Å². The maximum atomic E-state index is 14.4. The minimum absolute atomic E-state index is 0.103. The summed E-state index contributed by atoms with van der Waals surface area (Å²) >= 11 is 0. The van der Waals surface area contributed by atoms with E-state index < -0.39 is 11.4 Å². The Morgan fingerprint density at radius 3 is 2.62 bits per heavy atom. The topological polar surface area (TPSA) is 149 Å². The zero-order valence-corrected chi connectivity index (χ0v) is 20.7. The minimum atomic E-state index is -1.19. The summed E-state index contributed by atoms with van der Waals surface area (Å²) in [5, 5.41) is 17.2. The number of nitrogens with two attached hydrogens (primary N) is 1. The minimum Gasteiger partial charge on any atom is -0.481 e. The van der Waals surface area contributed by atoms with E-state index in [9.17, 15) is 14.0 Å². The summed E-state index contributed by atoms with van der Waals surface area (Å²) in [7, 11) is 0. The fourth-order valence-corrected chi connectivity index (χ4v) is 4.99. The fourth-order valence-electron chi connectivity index (χ4n) is 4.99. The molecule has 10 nitrogen and oxygen atoms in total. The number of hydrogen-bond acceptors (Lipinski definition) is 7. The van der Waals surface area contributed by atoms with Crippen LogP contribution < -0.4 is 11.1 Å². The number of carbonyl (C=O) groups excluding carboxylic acids is 1. The van der Waals surface area contributed by atoms with Gasteiger partial charge in [0.1, 0.15) is 28.6 Å². The van der Waals surface area contributed by atoms with Crippen LogP contribution in [-0.2, 0) is 28.0 Å². The summed E-state index contributed by atoms with van der Waals surface area (Å²) in [4.78, 5) is 37.9. The monoisotopic (exact) mass is 523 g/mol. The molecule has 0 saturated heterocycles. The molecule has 11 heteroatoms. The number of fused-ring (bicyclic) bond motifs is 2. The van der Waals surface area contributed by atoms with Gasteiger partial charge in [-0.05, 0) is 36.2 Å². The molecule has 0 unspecified atom stereocenters. The molecule has 0 spiro atoms. The third kappa shape index (κ3) is 3.95. The van der Waals surface area contributed by atoms with Gasteiger partial charge in [-0.2, -0.15) is 5.10 Å². The van der Waals surface area contributed by atoms with Crippen LogP contribution in [-0.4, -0.2) is 41.7 Å². The summed E-state index contributed by atoms with van der Waals surface area (Å²) in [5.41, 5.74) is 8.29. The number of carboxylic acids is 1. The Morgan fingerprint density at radius 1 is 1.10 bits per heavy atom. The van der Waals surface area contributed by atoms with Gasteiger partial charge in [0.2, 0.25) is 5.91 Å². The predicted molar refractivity (Wildman–Crippen MR) is 141 cm³/mol. The van der Waals surface area contributed by atoms with Crippen molar-refractivity contribution in [3.8, 4) is 11.5 Å². The number of nitrogens with zero attached hydrogens (tertiary/aromatic N) is 5. The number of pyridine rings is 1. The van der Waals surface area contributed by atoms with Crippen LogP contribution in [0.2, 0.25) is 0 Å². The van der Waals surface area contributed by atoms with Gasteiger partial charge in [-0.3, -0.25) is 9.59 Å². The van der Waals surface area contributed by atoms with Crippen LogP contribution in [0.5, 0.6) is 0 Å². The number of hydrogen-bond donors (Lipinski definition) is 3. The Labute approximate surface area is 221 Å². The molecule has 3 aromatic heterocycles. The predicted octanol–water partition coefficient (Wildman–Crippen LogP) is 3.54. The van der Waals surface area contributed by atoms with Crippen molar-refractivity contribution in [1.82, 2.24) is 24.7 Å². The lowest BCUT2D eigenvalue weighted by molar-refractivity contribution is -0.136. The van der Waals surface area contributed by atoms with Gasteiger partial charge in [-0.1, -0.05) is 42.5 Å². The van der Waals surface area contributed by atoms with Crippen LogP contribution in [0.15, 0.2) is 66.9 Å². The maximum absolute atomic E-state index is 14.4. The highest BCUT2D eigenvalue weighted by molar-refractivity contribution is 6.09. The van der Waals surface area contributed by atoms with Gasteiger partial charge in [0, 0.05) is 11.8 Å². The molecule has 1 atom stereocenters. The largest absolute Gasteiger partial charge is 0.481 e. The summed E-state index contributed by atoms with van der Waals surface area (Å²) < 4.78 is 15.9. The number of aromatic nitrogens is 5. The number of carboxylic acid groups (broad SMARTS) is 1. The molecule has 1 aliphatic rings. The second kappa shape index (κ2) is 8.98. The maximum Gasteiger partial charge on any atom is 0.307 e. The lowest BCUT2D eigenvalue weighted by Crippen LogP contribution is -2.33. The summed E-state index contributed by atoms with van der Waals surface area (Å²) in [6.45, 7) is 1.87. The van der Waals surface area contributed by atoms with Crippen LogP contribution in [0, 0.1) is 5.82 Å². The average Bonchev–Trinajstić information content (AvgIpc) is 3.40. The first-order valence-electron chi connectivity index (χ1n) is 12.1. The highest BCUT2D eigenvalue weighted by Crippen LogP contribution is 2.45. The number of nitrogen functional groups attached to an aromatic ring is 1. The Bertz CT molecular complexity index is 1780. The van der Waals surface area contributed by atoms with Crippen LogP contribution in [0.25, 0.3) is 22.6 Å². The van der Waals surface area contributed by atoms with Gasteiger partial charge in [0.15, 0.2) is 11.5 Å². The van der Waals surface area contributed by atoms with E-state index in [1.807, 2.05) is 6.07 Å². The second-order valence-electron chi connectivity index (χ2n) is 9.47. The van der Waals surface area contributed by atoms with Gasteiger partial charge >= 0.3 is 5.97 Å². The highest BCUT2D eigenvalue weighted by atomic mass is 19.1. The molecule has 0 bridgehead atoms. The molecule has 0 fully saturated rings. The van der Waals surface area contributed by atoms with Crippen molar-refractivity contribution in [3.05, 3.63) is 94.9 Å². The molecular weight excluding hydrogens is 501 g/mol. The van der Waals surface area contributed by atoms with Crippen LogP contribution in [0.3, 0.4) is 0 Å². The first kappa shape index (κ1) is 24.2. The number of amides is 1. The lowest BCUT2D eigenvalue weighted by atomic mass is 9.77. The Hall–Kier alpha value is -5.19. The van der Waals surface area contributed by atoms with Crippen molar-refractivity contribution < 1.29 is 19.1 Å². The third-order valence-corrected chi connectivity index (χ3v) is 7.01. The Morgan fingerprint density at radius 2 is 1.87 bits per heavy atom. The van der Waals surface area contributed by atoms with Crippen LogP contribution >= 0.6 is 0 Å². The van der Waals surface area contributed by atoms with E-state index in [1.54, 1.807) is 66.3 Å². The van der Waals surface area contributed by atoms with E-state index >= 15 is 0 Å². The van der Waals surface area contributed by atoms with Gasteiger partial charge in [-0.15, -0.1) is 0 Å². The van der Waals surface area contributed by atoms with Crippen molar-refractivity contribution >= 4 is 34.5 Å². The van der Waals surface area contributed by atoms with Crippen molar-refractivity contribution in [2.45, 2.75) is 25.3 Å². The van der Waals surface area contributed by atoms with E-state index in [0.717, 1.165) is 0 Å². The fraction of sp³-hybridized carbons (Fsp3) is 0.143. The number of anilines is 2. The van der Waals surface area contributed by atoms with E-state index in [0.29, 0.717) is 39.0 Å². The molecule has 4 N–H and O–H groups in total. The molecule has 0 radical (unpaired) electrons. The summed E-state index contributed by atoms with van der Waals surface area (Å²) in [6, 6.07) is 16.8. The van der Waals surface area contributed by atoms with Gasteiger partial charge in [0.25, 0.3) is 0 Å². The summed E-state index contributed by atoms with van der Waals surface area (Å²) in [6.07, 6.45) is 1.50. The Balaban J connectivity index is 1.43. The SMILES string of the molecule is C[C@@]1(c2ccc(CC(=O)O)cc2)C(=O)Nc2nc(-c3nn(Cc4ccccc4F)c4ncccc34)nc(N)c21. The lowest BCUT2D eigenvalue weighted by Gasteiger charge is -2.23. The second-order valence-corrected chi connectivity index (χ2v) is 9.47. The average molecular weight is 524 g/mol. The number of rotatable bonds is 6. The molecule has 39 heavy (non-hydrogen) atoms. The van der Waals surface area contributed by atoms with Crippen molar-refractivity contribution in [3.63, 3.8) is 0 Å². The molecule has 1 aliphatic heterocycles. The molecule has 194 valence electrons. The van der Waals surface area contributed by atoms with E-state index in [2.05, 4.69) is 25.4 Å². The molecule has 0 saturated carbocycles. The van der Waals surface area contributed by atoms with Crippen molar-refractivity contribution in [1.29, 1.82) is 0 Å². The van der Waals surface area contributed by atoms with E-state index in [-0.39, 0.29) is 42.2 Å². The highest BCUT2D eigenvalue weighted by Gasteiger charge is 2.47. The standard InChI is InChI=1S/C28H22FN7O3/c1-28(17-10-8-15(9-11-17)13-20(37)38)21-23(30)32-25(33-24(21)34-27(28)39)22-18-6-4-12-31-26(18)36(35-22)14-16-5-2-3-7-19(16)29/h2-12H,13-14H2,1H3,(H,37,38)(H3,30,32,33,34,39)/t28-/m0/s1. The third-order valence-electron chi connectivity index (χ3n) is 7.01. The molecule has 6 rings (SSSR count). The Kier molecular flexibility index (Phi) is 5.56. The summed E-state index contributed by atoms with van der Waals surface area (Å²) in [5.74, 6) is -1.07. The van der Waals surface area contributed by atoms with Crippen LogP contribution in [0.4, 0.5) is 16.0 Å². The number of benzene rings is 2. The molecule has 0 aliphatic carbocycles. The molecule has 1 amide bonds. The molecule has 5 aromatic rings. The number of aliphatic carboxylic acids is 1. The molecule has 4 heterocycles.